The van der Waals surface area contributed by atoms with E-state index in [1.807, 2.05) is 0 Å². The Labute approximate surface area is 109 Å². The van der Waals surface area contributed by atoms with Gasteiger partial charge >= 0.3 is 0 Å². The van der Waals surface area contributed by atoms with Gasteiger partial charge in [-0.15, -0.1) is 0 Å². The first-order chi connectivity index (χ1) is 7.79. The van der Waals surface area contributed by atoms with Gasteiger partial charge in [0.25, 0.3) is 0 Å². The molecule has 17 heavy (non-hydrogen) atoms. The fraction of sp³-hybridized carbons (Fsp3) is 1.00. The van der Waals surface area contributed by atoms with Crippen LogP contribution in [0.25, 0.3) is 0 Å². The van der Waals surface area contributed by atoms with Gasteiger partial charge in [-0.05, 0) is 61.7 Å². The normalized spacial score (nSPS) is 28.4. The molecular formula is C16H33N. The van der Waals surface area contributed by atoms with E-state index in [1.165, 1.54) is 38.5 Å². The molecule has 1 heteroatoms. The second-order valence-electron chi connectivity index (χ2n) is 7.68. The molecule has 0 spiro atoms. The number of nitrogens with two attached hydrogens (primary N) is 1. The Kier molecular flexibility index (Phi) is 5.50. The Morgan fingerprint density at radius 3 is 1.88 bits per heavy atom. The highest BCUT2D eigenvalue weighted by molar-refractivity contribution is 4.81. The van der Waals surface area contributed by atoms with Crippen LogP contribution in [0.5, 0.6) is 0 Å². The summed E-state index contributed by atoms with van der Waals surface area (Å²) in [6, 6.07) is 0.447. The standard InChI is InChI=1S/C16H33N/c1-12(2)13-6-8-14(9-7-13)15(17)10-11-16(3,4)5/h12-15H,6-11,17H2,1-5H3. The van der Waals surface area contributed by atoms with Crippen molar-refractivity contribution in [3.8, 4) is 0 Å². The van der Waals surface area contributed by atoms with Gasteiger partial charge < -0.3 is 5.73 Å². The van der Waals surface area contributed by atoms with Gasteiger partial charge in [0, 0.05) is 6.04 Å². The van der Waals surface area contributed by atoms with Crippen LogP contribution in [0.15, 0.2) is 0 Å². The highest BCUT2D eigenvalue weighted by Gasteiger charge is 2.27. The molecule has 1 saturated carbocycles. The van der Waals surface area contributed by atoms with E-state index in [9.17, 15) is 0 Å². The van der Waals surface area contributed by atoms with E-state index in [0.717, 1.165) is 17.8 Å². The van der Waals surface area contributed by atoms with Crippen molar-refractivity contribution in [2.45, 2.75) is 79.2 Å². The van der Waals surface area contributed by atoms with Gasteiger partial charge in [0.2, 0.25) is 0 Å². The molecule has 0 radical (unpaired) electrons. The van der Waals surface area contributed by atoms with Crippen molar-refractivity contribution in [1.82, 2.24) is 0 Å². The van der Waals surface area contributed by atoms with Gasteiger partial charge in [0.15, 0.2) is 0 Å². The SMILES string of the molecule is CC(C)C1CCC(C(N)CCC(C)(C)C)CC1. The van der Waals surface area contributed by atoms with Crippen molar-refractivity contribution in [1.29, 1.82) is 0 Å². The summed E-state index contributed by atoms with van der Waals surface area (Å²) in [4.78, 5) is 0. The van der Waals surface area contributed by atoms with Crippen molar-refractivity contribution in [3.05, 3.63) is 0 Å². The molecule has 1 fully saturated rings. The molecule has 102 valence electrons. The van der Waals surface area contributed by atoms with E-state index in [1.54, 1.807) is 0 Å². The Bertz CT molecular complexity index is 206. The van der Waals surface area contributed by atoms with Crippen LogP contribution in [0.4, 0.5) is 0 Å². The van der Waals surface area contributed by atoms with E-state index in [2.05, 4.69) is 34.6 Å². The lowest BCUT2D eigenvalue weighted by atomic mass is 9.73. The van der Waals surface area contributed by atoms with E-state index >= 15 is 0 Å². The average molecular weight is 239 g/mol. The first-order valence-corrected chi connectivity index (χ1v) is 7.55. The molecule has 0 aromatic rings. The highest BCUT2D eigenvalue weighted by Crippen LogP contribution is 2.35. The van der Waals surface area contributed by atoms with Crippen LogP contribution in [0.2, 0.25) is 0 Å². The van der Waals surface area contributed by atoms with Gasteiger partial charge in [-0.2, -0.15) is 0 Å². The zero-order valence-corrected chi connectivity index (χ0v) is 12.6. The van der Waals surface area contributed by atoms with Gasteiger partial charge in [-0.3, -0.25) is 0 Å². The van der Waals surface area contributed by atoms with Crippen LogP contribution in [-0.4, -0.2) is 6.04 Å². The Hall–Kier alpha value is -0.0400. The van der Waals surface area contributed by atoms with Gasteiger partial charge in [-0.1, -0.05) is 34.6 Å². The van der Waals surface area contributed by atoms with Crippen molar-refractivity contribution in [2.24, 2.45) is 28.9 Å². The lowest BCUT2D eigenvalue weighted by molar-refractivity contribution is 0.191. The fourth-order valence-electron chi connectivity index (χ4n) is 3.08. The smallest absolute Gasteiger partial charge is 0.00673 e. The average Bonchev–Trinajstić information content (AvgIpc) is 2.25. The molecule has 0 aliphatic heterocycles. The maximum absolute atomic E-state index is 6.38. The summed E-state index contributed by atoms with van der Waals surface area (Å²) in [7, 11) is 0. The minimum atomic E-state index is 0.437. The van der Waals surface area contributed by atoms with E-state index in [0.29, 0.717) is 11.5 Å². The first kappa shape index (κ1) is 15.0. The maximum Gasteiger partial charge on any atom is 0.00673 e. The molecule has 0 saturated heterocycles. The van der Waals surface area contributed by atoms with Crippen LogP contribution < -0.4 is 5.73 Å². The monoisotopic (exact) mass is 239 g/mol. The predicted molar refractivity (Wildman–Crippen MR) is 77.0 cm³/mol. The molecule has 0 aromatic heterocycles. The van der Waals surface area contributed by atoms with Crippen molar-refractivity contribution in [3.63, 3.8) is 0 Å². The van der Waals surface area contributed by atoms with Crippen LogP contribution in [0.3, 0.4) is 0 Å². The molecule has 1 rings (SSSR count). The topological polar surface area (TPSA) is 26.0 Å². The molecule has 1 nitrogen and oxygen atoms in total. The second kappa shape index (κ2) is 6.22. The largest absolute Gasteiger partial charge is 0.327 e. The molecule has 0 bridgehead atoms. The van der Waals surface area contributed by atoms with Crippen LogP contribution >= 0.6 is 0 Å². The minimum absolute atomic E-state index is 0.437. The van der Waals surface area contributed by atoms with Gasteiger partial charge in [0.1, 0.15) is 0 Å². The lowest BCUT2D eigenvalue weighted by Gasteiger charge is -2.34. The quantitative estimate of drug-likeness (QED) is 0.762. The summed E-state index contributed by atoms with van der Waals surface area (Å²) < 4.78 is 0. The fourth-order valence-corrected chi connectivity index (χ4v) is 3.08. The van der Waals surface area contributed by atoms with Crippen molar-refractivity contribution >= 4 is 0 Å². The first-order valence-electron chi connectivity index (χ1n) is 7.55. The zero-order valence-electron chi connectivity index (χ0n) is 12.6. The van der Waals surface area contributed by atoms with Crippen LogP contribution in [-0.2, 0) is 0 Å². The molecule has 1 aliphatic carbocycles. The third-order valence-corrected chi connectivity index (χ3v) is 4.59. The Morgan fingerprint density at radius 1 is 1.00 bits per heavy atom. The number of hydrogen-bond donors (Lipinski definition) is 1. The molecular weight excluding hydrogens is 206 g/mol. The summed E-state index contributed by atoms with van der Waals surface area (Å²) in [6.07, 6.45) is 8.03. The van der Waals surface area contributed by atoms with Crippen molar-refractivity contribution < 1.29 is 0 Å². The van der Waals surface area contributed by atoms with Crippen LogP contribution in [0.1, 0.15) is 73.1 Å². The van der Waals surface area contributed by atoms with E-state index < -0.39 is 0 Å². The van der Waals surface area contributed by atoms with E-state index in [-0.39, 0.29) is 0 Å². The Morgan fingerprint density at radius 2 is 1.47 bits per heavy atom. The molecule has 1 unspecified atom stereocenters. The summed E-state index contributed by atoms with van der Waals surface area (Å²) in [5.74, 6) is 2.62. The summed E-state index contributed by atoms with van der Waals surface area (Å²) in [5, 5.41) is 0. The summed E-state index contributed by atoms with van der Waals surface area (Å²) in [5.41, 5.74) is 6.81. The highest BCUT2D eigenvalue weighted by atomic mass is 14.7. The number of hydrogen-bond acceptors (Lipinski definition) is 1. The molecule has 0 heterocycles. The maximum atomic E-state index is 6.38. The predicted octanol–water partition coefficient (Wildman–Crippen LogP) is 4.60. The third kappa shape index (κ3) is 5.42. The minimum Gasteiger partial charge on any atom is -0.327 e. The zero-order chi connectivity index (χ0) is 13.1. The molecule has 0 aromatic carbocycles. The summed E-state index contributed by atoms with van der Waals surface area (Å²) >= 11 is 0. The van der Waals surface area contributed by atoms with E-state index in [4.69, 9.17) is 5.73 Å². The van der Waals surface area contributed by atoms with Gasteiger partial charge in [-0.25, -0.2) is 0 Å². The molecule has 2 N–H and O–H groups in total. The van der Waals surface area contributed by atoms with Crippen molar-refractivity contribution in [2.75, 3.05) is 0 Å². The molecule has 1 atom stereocenters. The van der Waals surface area contributed by atoms with Gasteiger partial charge in [0.05, 0.1) is 0 Å². The summed E-state index contributed by atoms with van der Waals surface area (Å²) in [6.45, 7) is 11.7. The number of rotatable bonds is 4. The molecule has 1 aliphatic rings. The van der Waals surface area contributed by atoms with Crippen LogP contribution in [0, 0.1) is 23.2 Å². The Balaban J connectivity index is 2.28. The molecule has 0 amide bonds. The lowest BCUT2D eigenvalue weighted by Crippen LogP contribution is -2.34. The second-order valence-corrected chi connectivity index (χ2v) is 7.68. The third-order valence-electron chi connectivity index (χ3n) is 4.59.